The molecule has 0 bridgehead atoms. The summed E-state index contributed by atoms with van der Waals surface area (Å²) in [6.45, 7) is 0.553. The first-order valence-corrected chi connectivity index (χ1v) is 24.2. The van der Waals surface area contributed by atoms with Crippen LogP contribution in [0, 0.1) is 0 Å². The van der Waals surface area contributed by atoms with Crippen molar-refractivity contribution in [2.45, 2.75) is 13.1 Å². The Balaban J connectivity index is 0.917. The molecule has 8 aromatic carbocycles. The third-order valence-corrected chi connectivity index (χ3v) is 16.1. The predicted molar refractivity (Wildman–Crippen MR) is 251 cm³/mol. The summed E-state index contributed by atoms with van der Waals surface area (Å²) in [7, 11) is -6.98. The molecule has 0 saturated heterocycles. The van der Waals surface area contributed by atoms with Crippen molar-refractivity contribution >= 4 is 36.7 Å². The second-order valence-corrected chi connectivity index (χ2v) is 20.2. The van der Waals surface area contributed by atoms with Crippen molar-refractivity contribution in [1.82, 2.24) is 0 Å². The van der Waals surface area contributed by atoms with Crippen molar-refractivity contribution in [3.05, 3.63) is 205 Å². The summed E-state index contributed by atoms with van der Waals surface area (Å²) >= 11 is 0. The minimum absolute atomic E-state index is 0.0572. The van der Waals surface area contributed by atoms with E-state index < -0.39 is 14.7 Å². The Labute approximate surface area is 365 Å². The van der Waals surface area contributed by atoms with Crippen LogP contribution >= 0.6 is 14.7 Å². The first-order chi connectivity index (χ1) is 30.7. The van der Waals surface area contributed by atoms with Gasteiger partial charge in [0.2, 0.25) is 0 Å². The molecular formula is C52H42N2O7P2. The van der Waals surface area contributed by atoms with Gasteiger partial charge in [0.1, 0.15) is 47.1 Å². The fourth-order valence-electron chi connectivity index (χ4n) is 8.34. The highest BCUT2D eigenvalue weighted by Crippen LogP contribution is 2.57. The molecule has 0 aliphatic carbocycles. The highest BCUT2D eigenvalue weighted by Gasteiger charge is 2.39. The molecule has 9 nitrogen and oxygen atoms in total. The van der Waals surface area contributed by atoms with Crippen LogP contribution in [0.2, 0.25) is 0 Å². The SMILES string of the molecule is O=P1(CN(Cc2ccccc2O)c2ccc(Oc3ccc(N(Cc4ccccc4O)CP4(=O)Oc5ccccc5-c5ccccc54)cc3)cc2)Oc2ccccc2-c2ccccc21. The lowest BCUT2D eigenvalue weighted by Crippen LogP contribution is -2.30. The molecule has 2 N–H and O–H groups in total. The van der Waals surface area contributed by atoms with E-state index in [-0.39, 0.29) is 37.2 Å². The summed E-state index contributed by atoms with van der Waals surface area (Å²) in [5, 5.41) is 22.9. The average Bonchev–Trinajstić information content (AvgIpc) is 3.31. The molecule has 10 rings (SSSR count). The molecule has 8 aromatic rings. The van der Waals surface area contributed by atoms with Gasteiger partial charge < -0.3 is 33.8 Å². The average molecular weight is 869 g/mol. The van der Waals surface area contributed by atoms with Crippen LogP contribution in [-0.2, 0) is 22.2 Å². The molecule has 2 aliphatic heterocycles. The van der Waals surface area contributed by atoms with E-state index in [0.717, 1.165) is 33.6 Å². The van der Waals surface area contributed by atoms with Crippen LogP contribution in [0.5, 0.6) is 34.5 Å². The Morgan fingerprint density at radius 1 is 0.413 bits per heavy atom. The highest BCUT2D eigenvalue weighted by molar-refractivity contribution is 7.68. The lowest BCUT2D eigenvalue weighted by molar-refractivity contribution is 0.466. The first kappa shape index (κ1) is 39.9. The van der Waals surface area contributed by atoms with Crippen LogP contribution in [0.25, 0.3) is 22.3 Å². The molecule has 0 saturated carbocycles. The minimum Gasteiger partial charge on any atom is -0.508 e. The van der Waals surface area contributed by atoms with Gasteiger partial charge in [0.25, 0.3) is 14.7 Å². The first-order valence-electron chi connectivity index (χ1n) is 20.6. The normalized spacial score (nSPS) is 16.8. The minimum atomic E-state index is -3.49. The van der Waals surface area contributed by atoms with E-state index in [0.29, 0.717) is 44.7 Å². The number of para-hydroxylation sites is 4. The molecule has 0 spiro atoms. The van der Waals surface area contributed by atoms with Crippen molar-refractivity contribution in [3.63, 3.8) is 0 Å². The Morgan fingerprint density at radius 2 is 0.762 bits per heavy atom. The van der Waals surface area contributed by atoms with Gasteiger partial charge in [0.15, 0.2) is 0 Å². The predicted octanol–water partition coefficient (Wildman–Crippen LogP) is 12.1. The number of hydrogen-bond acceptors (Lipinski definition) is 9. The Kier molecular flexibility index (Phi) is 10.5. The molecular weight excluding hydrogens is 827 g/mol. The van der Waals surface area contributed by atoms with E-state index in [4.69, 9.17) is 13.8 Å². The van der Waals surface area contributed by atoms with Gasteiger partial charge in [-0.1, -0.05) is 109 Å². The summed E-state index contributed by atoms with van der Waals surface area (Å²) in [4.78, 5) is 3.94. The number of nitrogens with zero attached hydrogens (tertiary/aromatic N) is 2. The lowest BCUT2D eigenvalue weighted by atomic mass is 10.0. The number of hydrogen-bond donors (Lipinski definition) is 2. The number of ether oxygens (including phenoxy) is 1. The number of rotatable bonds is 12. The van der Waals surface area contributed by atoms with Gasteiger partial charge in [-0.05, 0) is 96.1 Å². The van der Waals surface area contributed by atoms with Crippen molar-refractivity contribution in [2.24, 2.45) is 0 Å². The number of benzene rings is 8. The number of phenols is 2. The maximum Gasteiger partial charge on any atom is 0.296 e. The molecule has 0 radical (unpaired) electrons. The van der Waals surface area contributed by atoms with E-state index in [9.17, 15) is 10.2 Å². The standard InChI is InChI=1S/C52H42N2O7P2/c55-47-19-7-1-13-37(47)33-53(35-62(57)51-23-11-5-17-45(51)43-15-3-9-21-49(43)60-62)39-25-29-41(30-26-39)59-42-31-27-40(28-32-42)54(34-38-14-2-8-20-48(38)56)36-63(58)52-24-12-6-18-46(52)44-16-4-10-22-50(44)61-63/h1-32,55-56H,33-36H2. The monoisotopic (exact) mass is 868 g/mol. The maximum absolute atomic E-state index is 15.0. The van der Waals surface area contributed by atoms with Crippen LogP contribution in [-0.4, -0.2) is 22.8 Å². The van der Waals surface area contributed by atoms with Crippen molar-refractivity contribution < 1.29 is 33.1 Å². The zero-order valence-electron chi connectivity index (χ0n) is 34.0. The van der Waals surface area contributed by atoms with Gasteiger partial charge in [0, 0.05) is 46.7 Å². The topological polar surface area (TPSA) is 109 Å². The van der Waals surface area contributed by atoms with E-state index in [1.807, 2.05) is 180 Å². The number of fused-ring (bicyclic) bond motifs is 6. The van der Waals surface area contributed by atoms with E-state index in [1.165, 1.54) is 0 Å². The third-order valence-electron chi connectivity index (χ3n) is 11.4. The summed E-state index contributed by atoms with van der Waals surface area (Å²) in [5.41, 5.74) is 6.45. The fourth-order valence-corrected chi connectivity index (χ4v) is 13.1. The number of aromatic hydroxyl groups is 2. The number of anilines is 2. The molecule has 11 heteroatoms. The largest absolute Gasteiger partial charge is 0.508 e. The maximum atomic E-state index is 15.0. The van der Waals surface area contributed by atoms with Crippen LogP contribution < -0.4 is 34.2 Å². The van der Waals surface area contributed by atoms with E-state index in [1.54, 1.807) is 24.3 Å². The Hall–Kier alpha value is -7.18. The zero-order valence-corrected chi connectivity index (χ0v) is 35.8. The number of phenolic OH excluding ortho intramolecular Hbond substituents is 2. The molecule has 2 unspecified atom stereocenters. The van der Waals surface area contributed by atoms with Crippen LogP contribution in [0.4, 0.5) is 11.4 Å². The summed E-state index contributed by atoms with van der Waals surface area (Å²) in [6, 6.07) is 60.0. The summed E-state index contributed by atoms with van der Waals surface area (Å²) < 4.78 is 49.2. The van der Waals surface area contributed by atoms with E-state index in [2.05, 4.69) is 0 Å². The van der Waals surface area contributed by atoms with Crippen LogP contribution in [0.1, 0.15) is 11.1 Å². The van der Waals surface area contributed by atoms with Crippen LogP contribution in [0.15, 0.2) is 194 Å². The molecule has 2 heterocycles. The molecule has 2 atom stereocenters. The van der Waals surface area contributed by atoms with Crippen molar-refractivity contribution in [1.29, 1.82) is 0 Å². The second-order valence-electron chi connectivity index (χ2n) is 15.6. The van der Waals surface area contributed by atoms with Gasteiger partial charge >= 0.3 is 0 Å². The third kappa shape index (κ3) is 7.94. The fraction of sp³-hybridized carbons (Fsp3) is 0.0769. The van der Waals surface area contributed by atoms with Crippen molar-refractivity contribution in [2.75, 3.05) is 22.4 Å². The van der Waals surface area contributed by atoms with Gasteiger partial charge in [-0.3, -0.25) is 9.13 Å². The quantitative estimate of drug-likeness (QED) is 0.116. The molecule has 312 valence electrons. The zero-order chi connectivity index (χ0) is 43.0. The summed E-state index contributed by atoms with van der Waals surface area (Å²) in [5.74, 6) is 2.60. The summed E-state index contributed by atoms with van der Waals surface area (Å²) in [6.07, 6.45) is 0.114. The molecule has 0 amide bonds. The lowest BCUT2D eigenvalue weighted by Gasteiger charge is -2.34. The molecule has 2 aliphatic rings. The smallest absolute Gasteiger partial charge is 0.296 e. The van der Waals surface area contributed by atoms with Crippen molar-refractivity contribution in [3.8, 4) is 56.8 Å². The Morgan fingerprint density at radius 3 is 1.17 bits per heavy atom. The van der Waals surface area contributed by atoms with Gasteiger partial charge in [0.05, 0.1) is 10.6 Å². The van der Waals surface area contributed by atoms with E-state index >= 15 is 9.13 Å². The molecule has 0 aromatic heterocycles. The van der Waals surface area contributed by atoms with Crippen LogP contribution in [0.3, 0.4) is 0 Å². The molecule has 0 fully saturated rings. The Bertz CT molecular complexity index is 2860. The second kappa shape index (κ2) is 16.6. The van der Waals surface area contributed by atoms with Gasteiger partial charge in [-0.15, -0.1) is 0 Å². The van der Waals surface area contributed by atoms with Gasteiger partial charge in [-0.25, -0.2) is 0 Å². The highest BCUT2D eigenvalue weighted by atomic mass is 31.2. The molecule has 63 heavy (non-hydrogen) atoms. The van der Waals surface area contributed by atoms with Gasteiger partial charge in [-0.2, -0.15) is 0 Å².